The van der Waals surface area contributed by atoms with Crippen molar-refractivity contribution in [3.8, 4) is 5.75 Å². The molecule has 28 heavy (non-hydrogen) atoms. The highest BCUT2D eigenvalue weighted by atomic mass is 35.5. The van der Waals surface area contributed by atoms with Crippen molar-refractivity contribution in [2.75, 3.05) is 23.4 Å². The molecule has 6 heteroatoms. The maximum absolute atomic E-state index is 12.4. The molecule has 2 aromatic rings. The number of amides is 2. The second kappa shape index (κ2) is 8.23. The molecule has 0 saturated carbocycles. The van der Waals surface area contributed by atoms with Crippen LogP contribution in [0.5, 0.6) is 5.75 Å². The summed E-state index contributed by atoms with van der Waals surface area (Å²) in [7, 11) is 0. The van der Waals surface area contributed by atoms with Crippen LogP contribution in [0.3, 0.4) is 0 Å². The van der Waals surface area contributed by atoms with Gasteiger partial charge in [0.25, 0.3) is 5.91 Å². The predicted octanol–water partition coefficient (Wildman–Crippen LogP) is 4.70. The smallest absolute Gasteiger partial charge is 0.262 e. The Morgan fingerprint density at radius 1 is 1.25 bits per heavy atom. The zero-order valence-electron chi connectivity index (χ0n) is 16.6. The highest BCUT2D eigenvalue weighted by Gasteiger charge is 2.22. The zero-order chi connectivity index (χ0) is 20.4. The number of halogens is 1. The Bertz CT molecular complexity index is 924. The van der Waals surface area contributed by atoms with Crippen molar-refractivity contribution < 1.29 is 14.3 Å². The molecule has 1 aliphatic rings. The van der Waals surface area contributed by atoms with Gasteiger partial charge in [0.05, 0.1) is 0 Å². The van der Waals surface area contributed by atoms with E-state index in [2.05, 4.69) is 19.2 Å². The zero-order valence-corrected chi connectivity index (χ0v) is 17.4. The van der Waals surface area contributed by atoms with E-state index >= 15 is 0 Å². The Kier molecular flexibility index (Phi) is 5.94. The Hall–Kier alpha value is -2.53. The maximum Gasteiger partial charge on any atom is 0.262 e. The number of aryl methyl sites for hydroxylation is 1. The fourth-order valence-corrected chi connectivity index (χ4v) is 3.57. The molecule has 0 saturated heterocycles. The normalized spacial score (nSPS) is 12.9. The summed E-state index contributed by atoms with van der Waals surface area (Å²) >= 11 is 6.22. The highest BCUT2D eigenvalue weighted by molar-refractivity contribution is 6.31. The van der Waals surface area contributed by atoms with Gasteiger partial charge in [-0.2, -0.15) is 0 Å². The lowest BCUT2D eigenvalue weighted by atomic mass is 10.0. The van der Waals surface area contributed by atoms with Crippen LogP contribution in [0.2, 0.25) is 5.02 Å². The van der Waals surface area contributed by atoms with E-state index in [-0.39, 0.29) is 24.3 Å². The first-order chi connectivity index (χ1) is 13.3. The van der Waals surface area contributed by atoms with Crippen LogP contribution in [0, 0.1) is 6.92 Å². The number of rotatable bonds is 5. The first-order valence-electron chi connectivity index (χ1n) is 9.40. The van der Waals surface area contributed by atoms with Crippen LogP contribution in [0.4, 0.5) is 11.4 Å². The second-order valence-corrected chi connectivity index (χ2v) is 7.80. The van der Waals surface area contributed by atoms with Gasteiger partial charge in [0.2, 0.25) is 5.91 Å². The van der Waals surface area contributed by atoms with E-state index < -0.39 is 0 Å². The molecule has 5 nitrogen and oxygen atoms in total. The van der Waals surface area contributed by atoms with E-state index in [0.29, 0.717) is 23.0 Å². The monoisotopic (exact) mass is 400 g/mol. The third-order valence-electron chi connectivity index (χ3n) is 4.91. The molecule has 2 aromatic carbocycles. The fourth-order valence-electron chi connectivity index (χ4n) is 3.39. The lowest BCUT2D eigenvalue weighted by Gasteiger charge is -2.16. The molecule has 0 fully saturated rings. The maximum atomic E-state index is 12.4. The fraction of sp³-hybridized carbons (Fsp3) is 0.364. The number of hydrogen-bond acceptors (Lipinski definition) is 3. The lowest BCUT2D eigenvalue weighted by molar-refractivity contribution is -0.118. The minimum atomic E-state index is -0.233. The number of benzene rings is 2. The Morgan fingerprint density at radius 3 is 2.68 bits per heavy atom. The van der Waals surface area contributed by atoms with E-state index in [1.165, 1.54) is 0 Å². The van der Waals surface area contributed by atoms with E-state index in [0.717, 1.165) is 28.8 Å². The summed E-state index contributed by atoms with van der Waals surface area (Å²) in [5.74, 6) is 0.710. The quantitative estimate of drug-likeness (QED) is 0.791. The van der Waals surface area contributed by atoms with Crippen molar-refractivity contribution >= 4 is 34.8 Å². The van der Waals surface area contributed by atoms with Gasteiger partial charge in [0.15, 0.2) is 6.61 Å². The summed E-state index contributed by atoms with van der Waals surface area (Å²) in [5, 5.41) is 3.56. The molecule has 0 spiro atoms. The summed E-state index contributed by atoms with van der Waals surface area (Å²) in [6.45, 7) is 8.18. The molecular weight excluding hydrogens is 376 g/mol. The third kappa shape index (κ3) is 4.30. The van der Waals surface area contributed by atoms with Crippen LogP contribution in [0.1, 0.15) is 43.4 Å². The van der Waals surface area contributed by atoms with Crippen molar-refractivity contribution in [2.24, 2.45) is 0 Å². The average Bonchev–Trinajstić information content (AvgIpc) is 3.05. The number of fused-ring (bicyclic) bond motifs is 1. The predicted molar refractivity (Wildman–Crippen MR) is 113 cm³/mol. The van der Waals surface area contributed by atoms with Gasteiger partial charge in [-0.1, -0.05) is 25.4 Å². The lowest BCUT2D eigenvalue weighted by Crippen LogP contribution is -2.25. The van der Waals surface area contributed by atoms with Gasteiger partial charge < -0.3 is 15.0 Å². The molecule has 3 rings (SSSR count). The highest BCUT2D eigenvalue weighted by Crippen LogP contribution is 2.32. The van der Waals surface area contributed by atoms with Gasteiger partial charge in [-0.25, -0.2) is 0 Å². The number of carbonyl (C=O) groups excluding carboxylic acids is 2. The van der Waals surface area contributed by atoms with Crippen LogP contribution in [0.25, 0.3) is 0 Å². The minimum Gasteiger partial charge on any atom is -0.483 e. The van der Waals surface area contributed by atoms with Crippen molar-refractivity contribution in [3.63, 3.8) is 0 Å². The van der Waals surface area contributed by atoms with Gasteiger partial charge in [0.1, 0.15) is 5.75 Å². The summed E-state index contributed by atoms with van der Waals surface area (Å²) in [6.07, 6.45) is 0.789. The molecule has 0 aliphatic carbocycles. The van der Waals surface area contributed by atoms with E-state index in [9.17, 15) is 9.59 Å². The summed E-state index contributed by atoms with van der Waals surface area (Å²) in [5.41, 5.74) is 4.57. The third-order valence-corrected chi connectivity index (χ3v) is 5.32. The number of nitrogens with zero attached hydrogens (tertiary/aromatic N) is 1. The van der Waals surface area contributed by atoms with E-state index in [1.54, 1.807) is 11.8 Å². The molecule has 0 radical (unpaired) electrons. The Morgan fingerprint density at radius 2 is 2.00 bits per heavy atom. The van der Waals surface area contributed by atoms with Gasteiger partial charge in [0, 0.05) is 29.9 Å². The molecule has 1 N–H and O–H groups in total. The number of ether oxygens (including phenoxy) is 1. The first-order valence-corrected chi connectivity index (χ1v) is 9.77. The van der Waals surface area contributed by atoms with E-state index in [4.69, 9.17) is 16.3 Å². The van der Waals surface area contributed by atoms with Crippen LogP contribution in [0.15, 0.2) is 30.3 Å². The Labute approximate surface area is 170 Å². The van der Waals surface area contributed by atoms with Crippen LogP contribution in [-0.2, 0) is 16.0 Å². The van der Waals surface area contributed by atoms with Crippen molar-refractivity contribution in [3.05, 3.63) is 52.0 Å². The summed E-state index contributed by atoms with van der Waals surface area (Å²) in [6, 6.07) is 9.37. The molecule has 1 heterocycles. The molecular formula is C22H25ClN2O3. The largest absolute Gasteiger partial charge is 0.483 e. The molecule has 1 aliphatic heterocycles. The Balaban J connectivity index is 1.66. The minimum absolute atomic E-state index is 0.0307. The van der Waals surface area contributed by atoms with Gasteiger partial charge in [-0.05, 0) is 66.3 Å². The van der Waals surface area contributed by atoms with Crippen molar-refractivity contribution in [1.82, 2.24) is 0 Å². The van der Waals surface area contributed by atoms with Crippen LogP contribution < -0.4 is 15.0 Å². The first kappa shape index (κ1) is 20.2. The van der Waals surface area contributed by atoms with E-state index in [1.807, 2.05) is 37.3 Å². The SMILES string of the molecule is CC(=O)N1CCc2cc(NC(=O)COc3cc(C)c(Cl)cc3C(C)C)ccc21. The van der Waals surface area contributed by atoms with Gasteiger partial charge in [-0.3, -0.25) is 9.59 Å². The molecule has 0 aromatic heterocycles. The molecule has 0 atom stereocenters. The van der Waals surface area contributed by atoms with Crippen LogP contribution >= 0.6 is 11.6 Å². The molecule has 148 valence electrons. The summed E-state index contributed by atoms with van der Waals surface area (Å²) in [4.78, 5) is 25.8. The molecule has 0 unspecified atom stereocenters. The van der Waals surface area contributed by atoms with Gasteiger partial charge >= 0.3 is 0 Å². The van der Waals surface area contributed by atoms with Crippen LogP contribution in [-0.4, -0.2) is 25.0 Å². The number of nitrogens with one attached hydrogen (secondary N) is 1. The van der Waals surface area contributed by atoms with Gasteiger partial charge in [-0.15, -0.1) is 0 Å². The standard InChI is InChI=1S/C22H25ClN2O3/c1-13(2)18-11-19(23)14(3)9-21(18)28-12-22(27)24-17-5-6-20-16(10-17)7-8-25(20)15(4)26/h5-6,9-11,13H,7-8,12H2,1-4H3,(H,24,27). The van der Waals surface area contributed by atoms with Crippen molar-refractivity contribution in [1.29, 1.82) is 0 Å². The molecule has 0 bridgehead atoms. The summed E-state index contributed by atoms with van der Waals surface area (Å²) < 4.78 is 5.79. The molecule has 2 amide bonds. The second-order valence-electron chi connectivity index (χ2n) is 7.39. The number of anilines is 2. The topological polar surface area (TPSA) is 58.6 Å². The number of hydrogen-bond donors (Lipinski definition) is 1. The number of carbonyl (C=O) groups is 2. The average molecular weight is 401 g/mol. The van der Waals surface area contributed by atoms with Crippen molar-refractivity contribution in [2.45, 2.75) is 40.0 Å².